The van der Waals surface area contributed by atoms with Gasteiger partial charge in [-0.1, -0.05) is 0 Å². The molecular weight excluding hydrogens is 262 g/mol. The quantitative estimate of drug-likeness (QED) is 0.857. The Labute approximate surface area is 119 Å². The highest BCUT2D eigenvalue weighted by Gasteiger charge is 2.23. The van der Waals surface area contributed by atoms with Crippen molar-refractivity contribution in [1.29, 1.82) is 0 Å². The standard InChI is InChI=1S/C13H22ClN5/c1-9-11(15)12(17-13(14)16-9)19-6-4-10(5-7-19)8-18(2)3/h10H,4-8,15H2,1-3H3. The third-order valence-corrected chi connectivity index (χ3v) is 3.80. The van der Waals surface area contributed by atoms with Gasteiger partial charge < -0.3 is 15.5 Å². The lowest BCUT2D eigenvalue weighted by Gasteiger charge is -2.34. The van der Waals surface area contributed by atoms with Crippen molar-refractivity contribution in [2.75, 3.05) is 44.4 Å². The number of anilines is 2. The number of aryl methyl sites for hydroxylation is 1. The number of piperidine rings is 1. The molecule has 0 radical (unpaired) electrons. The zero-order valence-corrected chi connectivity index (χ0v) is 12.6. The molecule has 1 aromatic rings. The molecule has 1 aromatic heterocycles. The second-order valence-corrected chi connectivity index (χ2v) is 5.85. The van der Waals surface area contributed by atoms with E-state index in [-0.39, 0.29) is 5.28 Å². The molecule has 0 aromatic carbocycles. The summed E-state index contributed by atoms with van der Waals surface area (Å²) in [6, 6.07) is 0. The molecule has 0 aliphatic carbocycles. The Bertz CT molecular complexity index is 441. The third-order valence-electron chi connectivity index (χ3n) is 3.63. The molecule has 0 bridgehead atoms. The number of hydrogen-bond acceptors (Lipinski definition) is 5. The summed E-state index contributed by atoms with van der Waals surface area (Å²) in [5, 5.41) is 0.275. The minimum absolute atomic E-state index is 0.275. The predicted molar refractivity (Wildman–Crippen MR) is 79.7 cm³/mol. The summed E-state index contributed by atoms with van der Waals surface area (Å²) in [7, 11) is 4.25. The first kappa shape index (κ1) is 14.3. The lowest BCUT2D eigenvalue weighted by atomic mass is 9.96. The van der Waals surface area contributed by atoms with Gasteiger partial charge in [-0.15, -0.1) is 0 Å². The fourth-order valence-electron chi connectivity index (χ4n) is 2.62. The van der Waals surface area contributed by atoms with Crippen LogP contribution in [0.1, 0.15) is 18.5 Å². The highest BCUT2D eigenvalue weighted by Crippen LogP contribution is 2.28. The molecule has 2 rings (SSSR count). The van der Waals surface area contributed by atoms with Crippen molar-refractivity contribution in [3.63, 3.8) is 0 Å². The Hall–Kier alpha value is -1.07. The lowest BCUT2D eigenvalue weighted by Crippen LogP contribution is -2.38. The first-order valence-electron chi connectivity index (χ1n) is 6.66. The smallest absolute Gasteiger partial charge is 0.224 e. The second-order valence-electron chi connectivity index (χ2n) is 5.51. The highest BCUT2D eigenvalue weighted by molar-refractivity contribution is 6.28. The predicted octanol–water partition coefficient (Wildman–Crippen LogP) is 1.80. The number of nitrogen functional groups attached to an aromatic ring is 1. The van der Waals surface area contributed by atoms with Crippen LogP contribution in [0.15, 0.2) is 0 Å². The number of hydrogen-bond donors (Lipinski definition) is 1. The maximum absolute atomic E-state index is 6.06. The summed E-state index contributed by atoms with van der Waals surface area (Å²) >= 11 is 5.93. The third kappa shape index (κ3) is 3.48. The van der Waals surface area contributed by atoms with Crippen LogP contribution in [0.2, 0.25) is 5.28 Å². The van der Waals surface area contributed by atoms with Gasteiger partial charge in [-0.3, -0.25) is 0 Å². The monoisotopic (exact) mass is 283 g/mol. The Morgan fingerprint density at radius 3 is 2.53 bits per heavy atom. The molecule has 0 spiro atoms. The zero-order chi connectivity index (χ0) is 14.0. The van der Waals surface area contributed by atoms with Crippen molar-refractivity contribution in [3.8, 4) is 0 Å². The van der Waals surface area contributed by atoms with Crippen LogP contribution in [0, 0.1) is 12.8 Å². The van der Waals surface area contributed by atoms with Gasteiger partial charge in [-0.2, -0.15) is 4.98 Å². The second kappa shape index (κ2) is 5.92. The van der Waals surface area contributed by atoms with Gasteiger partial charge in [0.05, 0.1) is 11.4 Å². The first-order valence-corrected chi connectivity index (χ1v) is 7.04. The van der Waals surface area contributed by atoms with Crippen LogP contribution in [0.4, 0.5) is 11.5 Å². The average Bonchev–Trinajstić information content (AvgIpc) is 2.34. The Morgan fingerprint density at radius 1 is 1.32 bits per heavy atom. The largest absolute Gasteiger partial charge is 0.394 e. The summed E-state index contributed by atoms with van der Waals surface area (Å²) < 4.78 is 0. The Morgan fingerprint density at radius 2 is 1.95 bits per heavy atom. The van der Waals surface area contributed by atoms with Gasteiger partial charge >= 0.3 is 0 Å². The van der Waals surface area contributed by atoms with E-state index in [9.17, 15) is 0 Å². The fourth-order valence-corrected chi connectivity index (χ4v) is 2.82. The molecule has 5 nitrogen and oxygen atoms in total. The van der Waals surface area contributed by atoms with Crippen LogP contribution < -0.4 is 10.6 Å². The molecule has 6 heteroatoms. The molecule has 1 aliphatic rings. The van der Waals surface area contributed by atoms with Gasteiger partial charge in [-0.25, -0.2) is 4.98 Å². The maximum atomic E-state index is 6.06. The van der Waals surface area contributed by atoms with Crippen molar-refractivity contribution < 1.29 is 0 Å². The minimum atomic E-state index is 0.275. The van der Waals surface area contributed by atoms with Gasteiger partial charge in [0.15, 0.2) is 5.82 Å². The van der Waals surface area contributed by atoms with Crippen LogP contribution >= 0.6 is 11.6 Å². The van der Waals surface area contributed by atoms with Crippen molar-refractivity contribution in [2.24, 2.45) is 5.92 Å². The summed E-state index contributed by atoms with van der Waals surface area (Å²) in [6.07, 6.45) is 2.33. The van der Waals surface area contributed by atoms with Crippen molar-refractivity contribution in [3.05, 3.63) is 11.0 Å². The minimum Gasteiger partial charge on any atom is -0.394 e. The van der Waals surface area contributed by atoms with E-state index < -0.39 is 0 Å². The molecule has 1 aliphatic heterocycles. The van der Waals surface area contributed by atoms with E-state index in [4.69, 9.17) is 17.3 Å². The van der Waals surface area contributed by atoms with Crippen LogP contribution in [-0.2, 0) is 0 Å². The number of rotatable bonds is 3. The normalized spacial score (nSPS) is 17.2. The number of nitrogens with zero attached hydrogens (tertiary/aromatic N) is 4. The maximum Gasteiger partial charge on any atom is 0.224 e. The van der Waals surface area contributed by atoms with E-state index in [1.807, 2.05) is 6.92 Å². The van der Waals surface area contributed by atoms with Crippen molar-refractivity contribution >= 4 is 23.1 Å². The van der Waals surface area contributed by atoms with Crippen LogP contribution in [0.3, 0.4) is 0 Å². The average molecular weight is 284 g/mol. The topological polar surface area (TPSA) is 58.3 Å². The fraction of sp³-hybridized carbons (Fsp3) is 0.692. The molecular formula is C13H22ClN5. The SMILES string of the molecule is Cc1nc(Cl)nc(N2CCC(CN(C)C)CC2)c1N. The van der Waals surface area contributed by atoms with Crippen LogP contribution in [-0.4, -0.2) is 48.6 Å². The van der Waals surface area contributed by atoms with Crippen molar-refractivity contribution in [2.45, 2.75) is 19.8 Å². The highest BCUT2D eigenvalue weighted by atomic mass is 35.5. The zero-order valence-electron chi connectivity index (χ0n) is 11.9. The molecule has 1 saturated heterocycles. The van der Waals surface area contributed by atoms with E-state index in [2.05, 4.69) is 33.9 Å². The molecule has 0 unspecified atom stereocenters. The molecule has 19 heavy (non-hydrogen) atoms. The van der Waals surface area contributed by atoms with Gasteiger partial charge in [0.1, 0.15) is 0 Å². The van der Waals surface area contributed by atoms with E-state index in [0.29, 0.717) is 5.69 Å². The van der Waals surface area contributed by atoms with E-state index in [1.54, 1.807) is 0 Å². The molecule has 2 N–H and O–H groups in total. The molecule has 0 amide bonds. The molecule has 0 atom stereocenters. The van der Waals surface area contributed by atoms with Gasteiger partial charge in [0.25, 0.3) is 0 Å². The molecule has 1 fully saturated rings. The van der Waals surface area contributed by atoms with E-state index in [0.717, 1.165) is 49.9 Å². The number of aromatic nitrogens is 2. The number of halogens is 1. The Balaban J connectivity index is 2.05. The Kier molecular flexibility index (Phi) is 4.47. The number of nitrogens with two attached hydrogens (primary N) is 1. The van der Waals surface area contributed by atoms with Gasteiger partial charge in [0.2, 0.25) is 5.28 Å². The van der Waals surface area contributed by atoms with Crippen LogP contribution in [0.25, 0.3) is 0 Å². The van der Waals surface area contributed by atoms with Gasteiger partial charge in [0, 0.05) is 19.6 Å². The summed E-state index contributed by atoms with van der Waals surface area (Å²) in [6.45, 7) is 4.98. The lowest BCUT2D eigenvalue weighted by molar-refractivity contribution is 0.284. The van der Waals surface area contributed by atoms with E-state index >= 15 is 0 Å². The van der Waals surface area contributed by atoms with Gasteiger partial charge in [-0.05, 0) is 51.4 Å². The first-order chi connectivity index (χ1) is 8.97. The summed E-state index contributed by atoms with van der Waals surface area (Å²) in [5.74, 6) is 1.55. The molecule has 106 valence electrons. The van der Waals surface area contributed by atoms with E-state index in [1.165, 1.54) is 0 Å². The summed E-state index contributed by atoms with van der Waals surface area (Å²) in [5.41, 5.74) is 7.47. The van der Waals surface area contributed by atoms with Crippen molar-refractivity contribution in [1.82, 2.24) is 14.9 Å². The molecule has 2 heterocycles. The summed E-state index contributed by atoms with van der Waals surface area (Å²) in [4.78, 5) is 12.8. The van der Waals surface area contributed by atoms with Crippen LogP contribution in [0.5, 0.6) is 0 Å². The molecule has 0 saturated carbocycles.